The van der Waals surface area contributed by atoms with Crippen molar-refractivity contribution in [3.63, 3.8) is 0 Å². The zero-order valence-corrected chi connectivity index (χ0v) is 22.6. The van der Waals surface area contributed by atoms with Crippen molar-refractivity contribution in [3.05, 3.63) is 107 Å². The topological polar surface area (TPSA) is 94.9 Å². The van der Waals surface area contributed by atoms with Crippen LogP contribution in [0.1, 0.15) is 10.4 Å². The third kappa shape index (κ3) is 4.96. The predicted molar refractivity (Wildman–Crippen MR) is 153 cm³/mol. The van der Waals surface area contributed by atoms with Gasteiger partial charge in [-0.15, -0.1) is 0 Å². The molecule has 0 saturated carbocycles. The summed E-state index contributed by atoms with van der Waals surface area (Å²) in [5.41, 5.74) is 0.212. The summed E-state index contributed by atoms with van der Waals surface area (Å²) < 4.78 is 46.9. The second-order valence-electron chi connectivity index (χ2n) is 9.53. The first-order valence-corrected chi connectivity index (χ1v) is 12.9. The van der Waals surface area contributed by atoms with Crippen molar-refractivity contribution < 1.29 is 27.8 Å². The number of nitrogens with zero attached hydrogens (tertiary/aromatic N) is 3. The summed E-state index contributed by atoms with van der Waals surface area (Å²) in [5.74, 6) is -0.271. The Balaban J connectivity index is 1.29. The van der Waals surface area contributed by atoms with Crippen LogP contribution in [-0.2, 0) is 0 Å². The monoisotopic (exact) mass is 570 g/mol. The molecule has 1 aliphatic heterocycles. The standard InChI is InChI=1S/C31H24F2N4O5/c1-36-13-14-41-28-17-23(31(39)37(30(28)36)20-6-3-18(32)4-7-20)29(38)35-19-5-10-27(24(33)15-19)42-26-11-12-34-25-16-21(40-2)8-9-22(25)26/h3-12,15-17H,13-14H2,1-2H3,(H,35,38). The highest BCUT2D eigenvalue weighted by molar-refractivity contribution is 6.04. The molecule has 1 amide bonds. The molecule has 3 aromatic carbocycles. The van der Waals surface area contributed by atoms with Crippen LogP contribution < -0.4 is 30.0 Å². The van der Waals surface area contributed by atoms with Gasteiger partial charge in [0.15, 0.2) is 23.1 Å². The number of likely N-dealkylation sites (N-methyl/N-ethyl adjacent to an activating group) is 1. The fourth-order valence-corrected chi connectivity index (χ4v) is 4.74. The number of carbonyl (C=O) groups excluding carboxylic acids is 1. The third-order valence-corrected chi connectivity index (χ3v) is 6.84. The van der Waals surface area contributed by atoms with Crippen LogP contribution in [0.25, 0.3) is 16.6 Å². The number of aromatic nitrogens is 2. The van der Waals surface area contributed by atoms with Gasteiger partial charge in [-0.05, 0) is 54.6 Å². The van der Waals surface area contributed by atoms with E-state index in [1.807, 2.05) is 4.90 Å². The fourth-order valence-electron chi connectivity index (χ4n) is 4.74. The van der Waals surface area contributed by atoms with Crippen LogP contribution in [0.3, 0.4) is 0 Å². The molecule has 0 unspecified atom stereocenters. The lowest BCUT2D eigenvalue weighted by Gasteiger charge is -2.30. The molecular weight excluding hydrogens is 546 g/mol. The van der Waals surface area contributed by atoms with Crippen LogP contribution in [0.15, 0.2) is 83.8 Å². The number of anilines is 2. The minimum Gasteiger partial charge on any atom is -0.497 e. The summed E-state index contributed by atoms with van der Waals surface area (Å²) in [6, 6.07) is 17.5. The minimum absolute atomic E-state index is 0.0693. The van der Waals surface area contributed by atoms with E-state index in [2.05, 4.69) is 10.3 Å². The van der Waals surface area contributed by atoms with Gasteiger partial charge in [-0.25, -0.2) is 8.78 Å². The molecule has 9 nitrogen and oxygen atoms in total. The van der Waals surface area contributed by atoms with E-state index >= 15 is 4.39 Å². The van der Waals surface area contributed by atoms with Crippen molar-refractivity contribution in [1.29, 1.82) is 0 Å². The smallest absolute Gasteiger partial charge is 0.269 e. The maximum Gasteiger partial charge on any atom is 0.269 e. The number of nitrogens with one attached hydrogen (secondary N) is 1. The first-order chi connectivity index (χ1) is 20.3. The molecule has 3 heterocycles. The van der Waals surface area contributed by atoms with Crippen LogP contribution in [0.4, 0.5) is 20.3 Å². The summed E-state index contributed by atoms with van der Waals surface area (Å²) in [5, 5.41) is 3.24. The molecule has 5 aromatic rings. The van der Waals surface area contributed by atoms with Gasteiger partial charge in [0.25, 0.3) is 11.5 Å². The Kier molecular flexibility index (Phi) is 6.91. The number of hydrogen-bond acceptors (Lipinski definition) is 7. The number of methoxy groups -OCH3 is 1. The highest BCUT2D eigenvalue weighted by Gasteiger charge is 2.26. The first kappa shape index (κ1) is 26.8. The van der Waals surface area contributed by atoms with Gasteiger partial charge in [0.2, 0.25) is 0 Å². The van der Waals surface area contributed by atoms with Crippen LogP contribution in [0.2, 0.25) is 0 Å². The van der Waals surface area contributed by atoms with E-state index in [-0.39, 0.29) is 17.0 Å². The van der Waals surface area contributed by atoms with Gasteiger partial charge in [0.05, 0.1) is 24.9 Å². The van der Waals surface area contributed by atoms with Crippen molar-refractivity contribution in [2.24, 2.45) is 0 Å². The Morgan fingerprint density at radius 3 is 2.57 bits per heavy atom. The van der Waals surface area contributed by atoms with Gasteiger partial charge in [-0.1, -0.05) is 0 Å². The van der Waals surface area contributed by atoms with E-state index in [9.17, 15) is 14.0 Å². The number of benzene rings is 3. The number of halogens is 2. The number of amides is 1. The number of ether oxygens (including phenoxy) is 3. The molecule has 0 atom stereocenters. The average Bonchev–Trinajstić information content (AvgIpc) is 2.99. The molecule has 0 spiro atoms. The largest absolute Gasteiger partial charge is 0.497 e. The molecule has 6 rings (SSSR count). The molecule has 42 heavy (non-hydrogen) atoms. The number of fused-ring (bicyclic) bond motifs is 2. The van der Waals surface area contributed by atoms with Gasteiger partial charge >= 0.3 is 0 Å². The summed E-state index contributed by atoms with van der Waals surface area (Å²) in [4.78, 5) is 33.0. The Morgan fingerprint density at radius 2 is 1.81 bits per heavy atom. The Morgan fingerprint density at radius 1 is 1.00 bits per heavy atom. The predicted octanol–water partition coefficient (Wildman–Crippen LogP) is 5.55. The van der Waals surface area contributed by atoms with Crippen LogP contribution >= 0.6 is 0 Å². The molecule has 11 heteroatoms. The van der Waals surface area contributed by atoms with Crippen molar-refractivity contribution in [2.45, 2.75) is 0 Å². The summed E-state index contributed by atoms with van der Waals surface area (Å²) >= 11 is 0. The Hall–Kier alpha value is -5.45. The summed E-state index contributed by atoms with van der Waals surface area (Å²) in [6.07, 6.45) is 1.54. The molecule has 0 bridgehead atoms. The first-order valence-electron chi connectivity index (χ1n) is 12.9. The Bertz CT molecular complexity index is 1890. The van der Waals surface area contributed by atoms with E-state index in [4.69, 9.17) is 14.2 Å². The molecule has 0 aliphatic carbocycles. The maximum atomic E-state index is 15.1. The fraction of sp³-hybridized carbons (Fsp3) is 0.129. The van der Waals surface area contributed by atoms with Gasteiger partial charge in [0.1, 0.15) is 29.5 Å². The van der Waals surface area contributed by atoms with Crippen molar-refractivity contribution in [3.8, 4) is 28.7 Å². The van der Waals surface area contributed by atoms with Crippen molar-refractivity contribution in [1.82, 2.24) is 9.55 Å². The quantitative estimate of drug-likeness (QED) is 0.286. The van der Waals surface area contributed by atoms with Gasteiger partial charge < -0.3 is 24.4 Å². The highest BCUT2D eigenvalue weighted by atomic mass is 19.1. The molecule has 2 aromatic heterocycles. The maximum absolute atomic E-state index is 15.1. The SMILES string of the molecule is COc1ccc2c(Oc3ccc(NC(=O)c4cc5c(n(-c6ccc(F)cc6)c4=O)N(C)CCO5)cc3F)ccnc2c1. The van der Waals surface area contributed by atoms with E-state index in [0.717, 1.165) is 6.07 Å². The zero-order chi connectivity index (χ0) is 29.4. The normalized spacial score (nSPS) is 12.4. The molecule has 0 saturated heterocycles. The van der Waals surface area contributed by atoms with E-state index in [1.165, 1.54) is 47.0 Å². The number of hydrogen-bond donors (Lipinski definition) is 1. The van der Waals surface area contributed by atoms with Gasteiger partial charge in [0, 0.05) is 42.5 Å². The van der Waals surface area contributed by atoms with Gasteiger partial charge in [-0.2, -0.15) is 0 Å². The van der Waals surface area contributed by atoms with Crippen LogP contribution in [0.5, 0.6) is 23.0 Å². The number of carbonyl (C=O) groups is 1. The van der Waals surface area contributed by atoms with E-state index in [0.29, 0.717) is 52.8 Å². The summed E-state index contributed by atoms with van der Waals surface area (Å²) in [6.45, 7) is 0.857. The van der Waals surface area contributed by atoms with Crippen molar-refractivity contribution >= 4 is 28.3 Å². The molecule has 212 valence electrons. The second kappa shape index (κ2) is 10.8. The average molecular weight is 571 g/mol. The molecule has 1 N–H and O–H groups in total. The number of rotatable bonds is 6. The van der Waals surface area contributed by atoms with Crippen LogP contribution in [0, 0.1) is 11.6 Å². The molecular formula is C31H24F2N4O5. The highest BCUT2D eigenvalue weighted by Crippen LogP contribution is 2.34. The molecule has 0 fully saturated rings. The Labute approximate surface area is 238 Å². The minimum atomic E-state index is -0.766. The van der Waals surface area contributed by atoms with E-state index < -0.39 is 23.1 Å². The van der Waals surface area contributed by atoms with E-state index in [1.54, 1.807) is 44.6 Å². The summed E-state index contributed by atoms with van der Waals surface area (Å²) in [7, 11) is 3.34. The van der Waals surface area contributed by atoms with Gasteiger partial charge in [-0.3, -0.25) is 19.1 Å². The van der Waals surface area contributed by atoms with Crippen LogP contribution in [-0.4, -0.2) is 42.8 Å². The second-order valence-corrected chi connectivity index (χ2v) is 9.53. The zero-order valence-electron chi connectivity index (χ0n) is 22.6. The lowest BCUT2D eigenvalue weighted by Crippen LogP contribution is -2.37. The molecule has 0 radical (unpaired) electrons. The third-order valence-electron chi connectivity index (χ3n) is 6.84. The lowest BCUT2D eigenvalue weighted by molar-refractivity contribution is 0.102. The lowest BCUT2D eigenvalue weighted by atomic mass is 10.2. The number of pyridine rings is 2. The molecule has 1 aliphatic rings. The van der Waals surface area contributed by atoms with Crippen molar-refractivity contribution in [2.75, 3.05) is 37.5 Å².